The van der Waals surface area contributed by atoms with E-state index in [0.29, 0.717) is 0 Å². The summed E-state index contributed by atoms with van der Waals surface area (Å²) in [5, 5.41) is 0. The maximum absolute atomic E-state index is 10.6. The summed E-state index contributed by atoms with van der Waals surface area (Å²) in [4.78, 5) is 0. The summed E-state index contributed by atoms with van der Waals surface area (Å²) < 4.78 is 27.1. The Balaban J connectivity index is 4.27. The molecule has 2 N–H and O–H groups in total. The number of methoxy groups -OCH3 is 1. The molecule has 2 unspecified atom stereocenters. The lowest BCUT2D eigenvalue weighted by atomic mass is 9.95. The van der Waals surface area contributed by atoms with Crippen LogP contribution in [0.25, 0.3) is 0 Å². The highest BCUT2D eigenvalue weighted by Crippen LogP contribution is 2.17. The van der Waals surface area contributed by atoms with Gasteiger partial charge < -0.3 is 4.74 Å². The number of ether oxygens (including phenoxy) is 1. The molecule has 5 heteroatoms. The van der Waals surface area contributed by atoms with E-state index in [2.05, 4.69) is 11.6 Å². The van der Waals surface area contributed by atoms with E-state index in [1.54, 1.807) is 7.11 Å². The van der Waals surface area contributed by atoms with Gasteiger partial charge in [0.1, 0.15) is 0 Å². The van der Waals surface area contributed by atoms with Crippen LogP contribution in [0.4, 0.5) is 0 Å². The first kappa shape index (κ1) is 13.0. The fraction of sp³-hybridized carbons (Fsp3) is 1.00. The van der Waals surface area contributed by atoms with Crippen molar-refractivity contribution in [1.82, 2.24) is 4.72 Å². The highest BCUT2D eigenvalue weighted by Gasteiger charge is 2.30. The lowest BCUT2D eigenvalue weighted by Crippen LogP contribution is -2.50. The molecule has 4 nitrogen and oxygen atoms in total. The van der Waals surface area contributed by atoms with Gasteiger partial charge in [-0.1, -0.05) is 13.3 Å². The van der Waals surface area contributed by atoms with Crippen molar-refractivity contribution in [2.45, 2.75) is 45.3 Å². The molecule has 0 aliphatic carbocycles. The van der Waals surface area contributed by atoms with Crippen molar-refractivity contribution in [3.05, 3.63) is 0 Å². The zero-order chi connectivity index (χ0) is 10.5. The average Bonchev–Trinajstić information content (AvgIpc) is 1.97. The minimum Gasteiger partial charge on any atom is -0.380 e. The van der Waals surface area contributed by atoms with Gasteiger partial charge in [0, 0.05) is 7.11 Å². The third-order valence-corrected chi connectivity index (χ3v) is 2.69. The van der Waals surface area contributed by atoms with Gasteiger partial charge in [0.2, 0.25) is 11.3 Å². The summed E-state index contributed by atoms with van der Waals surface area (Å²) in [6.07, 6.45) is 1.81. The Bertz CT molecular complexity index is 173. The largest absolute Gasteiger partial charge is 0.380 e. The van der Waals surface area contributed by atoms with Gasteiger partial charge in [0.25, 0.3) is 0 Å². The van der Waals surface area contributed by atoms with Crippen LogP contribution < -0.4 is 4.72 Å². The fourth-order valence-corrected chi connectivity index (χ4v) is 1.91. The number of hydrogen-bond acceptors (Lipinski definition) is 2. The highest BCUT2D eigenvalue weighted by molar-refractivity contribution is 7.77. The molecule has 0 heterocycles. The van der Waals surface area contributed by atoms with Crippen molar-refractivity contribution in [2.24, 2.45) is 0 Å². The van der Waals surface area contributed by atoms with E-state index in [0.717, 1.165) is 12.8 Å². The van der Waals surface area contributed by atoms with Gasteiger partial charge in [0.05, 0.1) is 11.6 Å². The first-order valence-electron chi connectivity index (χ1n) is 4.35. The molecule has 80 valence electrons. The van der Waals surface area contributed by atoms with Crippen molar-refractivity contribution >= 4 is 11.3 Å². The van der Waals surface area contributed by atoms with Gasteiger partial charge in [-0.15, -0.1) is 0 Å². The first-order chi connectivity index (χ1) is 5.94. The molecule has 0 rings (SSSR count). The average molecular weight is 209 g/mol. The lowest BCUT2D eigenvalue weighted by Gasteiger charge is -2.32. The van der Waals surface area contributed by atoms with Crippen LogP contribution in [0, 0.1) is 0 Å². The van der Waals surface area contributed by atoms with E-state index < -0.39 is 16.8 Å². The molecule has 0 radical (unpaired) electrons. The Morgan fingerprint density at radius 2 is 2.15 bits per heavy atom. The molecule has 0 bridgehead atoms. The summed E-state index contributed by atoms with van der Waals surface area (Å²) in [6, 6.07) is 0. The van der Waals surface area contributed by atoms with Crippen molar-refractivity contribution in [3.8, 4) is 0 Å². The first-order valence-corrected chi connectivity index (χ1v) is 5.46. The van der Waals surface area contributed by atoms with E-state index in [1.807, 2.05) is 13.8 Å². The summed E-state index contributed by atoms with van der Waals surface area (Å²) in [7, 11) is 1.62. The van der Waals surface area contributed by atoms with Crippen LogP contribution in [0.5, 0.6) is 0 Å². The van der Waals surface area contributed by atoms with Gasteiger partial charge in [0.15, 0.2) is 0 Å². The van der Waals surface area contributed by atoms with Gasteiger partial charge in [-0.3, -0.25) is 4.55 Å². The maximum atomic E-state index is 10.6. The molecule has 0 fully saturated rings. The van der Waals surface area contributed by atoms with E-state index in [1.165, 1.54) is 0 Å². The van der Waals surface area contributed by atoms with Crippen LogP contribution >= 0.6 is 0 Å². The number of rotatable bonds is 6. The highest BCUT2D eigenvalue weighted by atomic mass is 32.2. The molecule has 13 heavy (non-hydrogen) atoms. The zero-order valence-corrected chi connectivity index (χ0v) is 9.48. The minimum atomic E-state index is -1.99. The van der Waals surface area contributed by atoms with Gasteiger partial charge in [-0.05, 0) is 20.3 Å². The topological polar surface area (TPSA) is 58.6 Å². The summed E-state index contributed by atoms with van der Waals surface area (Å²) in [5.74, 6) is 0. The van der Waals surface area contributed by atoms with Crippen LogP contribution in [0.2, 0.25) is 0 Å². The SMILES string of the molecule is CCCC(OC)C(C)(C)NS(=O)O. The quantitative estimate of drug-likeness (QED) is 0.648. The van der Waals surface area contributed by atoms with Crippen LogP contribution in [-0.2, 0) is 16.0 Å². The second-order valence-electron chi connectivity index (χ2n) is 3.59. The van der Waals surface area contributed by atoms with Crippen LogP contribution in [-0.4, -0.2) is 27.5 Å². The van der Waals surface area contributed by atoms with Crippen molar-refractivity contribution in [3.63, 3.8) is 0 Å². The molecule has 2 atom stereocenters. The molecule has 0 amide bonds. The van der Waals surface area contributed by atoms with Crippen molar-refractivity contribution in [1.29, 1.82) is 0 Å². The Labute approximate surface area is 82.5 Å². The Kier molecular flexibility index (Phi) is 5.71. The molecule has 0 aliphatic rings. The van der Waals surface area contributed by atoms with Crippen molar-refractivity contribution < 1.29 is 13.5 Å². The molecular formula is C8H19NO3S. The predicted octanol–water partition coefficient (Wildman–Crippen LogP) is 1.31. The standard InChI is InChI=1S/C8H19NO3S/c1-5-6-7(12-4)8(2,3)9-13(10)11/h7,9H,5-6H2,1-4H3,(H,10,11). The second-order valence-corrected chi connectivity index (χ2v) is 4.29. The van der Waals surface area contributed by atoms with Gasteiger partial charge >= 0.3 is 0 Å². The van der Waals surface area contributed by atoms with Crippen LogP contribution in [0.1, 0.15) is 33.6 Å². The van der Waals surface area contributed by atoms with Crippen molar-refractivity contribution in [2.75, 3.05) is 7.11 Å². The Hall–Kier alpha value is 0.0300. The molecule has 0 saturated heterocycles. The van der Waals surface area contributed by atoms with Gasteiger partial charge in [-0.25, -0.2) is 8.93 Å². The fourth-order valence-electron chi connectivity index (χ4n) is 1.33. The number of hydrogen-bond donors (Lipinski definition) is 2. The lowest BCUT2D eigenvalue weighted by molar-refractivity contribution is 0.0354. The molecule has 0 aliphatic heterocycles. The van der Waals surface area contributed by atoms with E-state index in [-0.39, 0.29) is 6.10 Å². The Morgan fingerprint density at radius 3 is 2.46 bits per heavy atom. The smallest absolute Gasteiger partial charge is 0.232 e. The predicted molar refractivity (Wildman–Crippen MR) is 53.7 cm³/mol. The van der Waals surface area contributed by atoms with E-state index in [9.17, 15) is 4.21 Å². The Morgan fingerprint density at radius 1 is 1.62 bits per heavy atom. The summed E-state index contributed by atoms with van der Waals surface area (Å²) in [5.41, 5.74) is -0.482. The molecule has 0 aromatic carbocycles. The van der Waals surface area contributed by atoms with E-state index >= 15 is 0 Å². The number of nitrogens with one attached hydrogen (secondary N) is 1. The third-order valence-electron chi connectivity index (χ3n) is 1.99. The maximum Gasteiger partial charge on any atom is 0.232 e. The zero-order valence-electron chi connectivity index (χ0n) is 8.66. The molecule has 0 aromatic heterocycles. The van der Waals surface area contributed by atoms with Crippen LogP contribution in [0.3, 0.4) is 0 Å². The second kappa shape index (κ2) is 5.70. The normalized spacial score (nSPS) is 17.0. The minimum absolute atomic E-state index is 0.0476. The molecule has 0 aromatic rings. The third kappa shape index (κ3) is 4.71. The molecule has 0 saturated carbocycles. The molecular weight excluding hydrogens is 190 g/mol. The van der Waals surface area contributed by atoms with E-state index in [4.69, 9.17) is 9.29 Å². The van der Waals surface area contributed by atoms with Crippen LogP contribution in [0.15, 0.2) is 0 Å². The monoisotopic (exact) mass is 209 g/mol. The summed E-state index contributed by atoms with van der Waals surface area (Å²) >= 11 is -1.99. The summed E-state index contributed by atoms with van der Waals surface area (Å²) in [6.45, 7) is 5.76. The molecule has 0 spiro atoms. The van der Waals surface area contributed by atoms with Gasteiger partial charge in [-0.2, -0.15) is 0 Å².